The van der Waals surface area contributed by atoms with Crippen molar-refractivity contribution in [3.05, 3.63) is 58.0 Å². The first-order valence-corrected chi connectivity index (χ1v) is 10.0. The number of hydrogen-bond acceptors (Lipinski definition) is 4. The second kappa shape index (κ2) is 9.54. The molecule has 2 heterocycles. The molecule has 28 heavy (non-hydrogen) atoms. The summed E-state index contributed by atoms with van der Waals surface area (Å²) in [5.41, 5.74) is 0.795. The van der Waals surface area contributed by atoms with Crippen molar-refractivity contribution in [1.82, 2.24) is 14.8 Å². The molecule has 0 N–H and O–H groups in total. The Hall–Kier alpha value is -1.89. The SMILES string of the molecule is CCN(Cc1cccc(F)c1)C(=O)CN1CCN(c2ncc(Cl)cc2Cl)CC1. The van der Waals surface area contributed by atoms with Crippen LogP contribution in [-0.4, -0.2) is 60.0 Å². The number of pyridine rings is 1. The van der Waals surface area contributed by atoms with E-state index in [1.165, 1.54) is 12.1 Å². The monoisotopic (exact) mass is 424 g/mol. The summed E-state index contributed by atoms with van der Waals surface area (Å²) in [6, 6.07) is 8.06. The van der Waals surface area contributed by atoms with Crippen LogP contribution in [0.5, 0.6) is 0 Å². The van der Waals surface area contributed by atoms with E-state index in [1.807, 2.05) is 13.0 Å². The number of carbonyl (C=O) groups excluding carboxylic acids is 1. The highest BCUT2D eigenvalue weighted by atomic mass is 35.5. The average molecular weight is 425 g/mol. The number of halogens is 3. The maximum atomic E-state index is 13.4. The second-order valence-corrected chi connectivity index (χ2v) is 7.60. The lowest BCUT2D eigenvalue weighted by Crippen LogP contribution is -2.50. The normalized spacial score (nSPS) is 14.9. The summed E-state index contributed by atoms with van der Waals surface area (Å²) >= 11 is 12.2. The molecule has 0 spiro atoms. The summed E-state index contributed by atoms with van der Waals surface area (Å²) in [6.07, 6.45) is 1.59. The smallest absolute Gasteiger partial charge is 0.237 e. The number of rotatable bonds is 6. The van der Waals surface area contributed by atoms with E-state index in [0.29, 0.717) is 29.7 Å². The molecular formula is C20H23Cl2FN4O. The van der Waals surface area contributed by atoms with Gasteiger partial charge in [-0.1, -0.05) is 35.3 Å². The lowest BCUT2D eigenvalue weighted by molar-refractivity contribution is -0.132. The molecule has 1 fully saturated rings. The zero-order chi connectivity index (χ0) is 20.1. The highest BCUT2D eigenvalue weighted by Gasteiger charge is 2.23. The van der Waals surface area contributed by atoms with Crippen LogP contribution in [0.1, 0.15) is 12.5 Å². The molecule has 3 rings (SSSR count). The molecule has 8 heteroatoms. The van der Waals surface area contributed by atoms with Gasteiger partial charge in [0, 0.05) is 45.5 Å². The summed E-state index contributed by atoms with van der Waals surface area (Å²) < 4.78 is 13.4. The number of amides is 1. The Morgan fingerprint density at radius 2 is 1.96 bits per heavy atom. The fourth-order valence-electron chi connectivity index (χ4n) is 3.28. The average Bonchev–Trinajstić information content (AvgIpc) is 2.67. The number of piperazine rings is 1. The summed E-state index contributed by atoms with van der Waals surface area (Å²) in [6.45, 7) is 6.22. The van der Waals surface area contributed by atoms with Crippen molar-refractivity contribution in [3.63, 3.8) is 0 Å². The first-order valence-electron chi connectivity index (χ1n) is 9.27. The Bertz CT molecular complexity index is 828. The quantitative estimate of drug-likeness (QED) is 0.708. The molecule has 1 aliphatic heterocycles. The van der Waals surface area contributed by atoms with Gasteiger partial charge in [-0.05, 0) is 30.7 Å². The number of aromatic nitrogens is 1. The summed E-state index contributed by atoms with van der Waals surface area (Å²) in [7, 11) is 0. The van der Waals surface area contributed by atoms with E-state index >= 15 is 0 Å². The van der Waals surface area contributed by atoms with E-state index in [1.54, 1.807) is 23.2 Å². The molecule has 0 atom stereocenters. The Morgan fingerprint density at radius 3 is 2.61 bits per heavy atom. The molecule has 2 aromatic rings. The van der Waals surface area contributed by atoms with Crippen LogP contribution in [-0.2, 0) is 11.3 Å². The van der Waals surface area contributed by atoms with Crippen LogP contribution in [0.25, 0.3) is 0 Å². The van der Waals surface area contributed by atoms with E-state index in [4.69, 9.17) is 23.2 Å². The zero-order valence-electron chi connectivity index (χ0n) is 15.7. The number of nitrogens with zero attached hydrogens (tertiary/aromatic N) is 4. The molecule has 0 saturated carbocycles. The van der Waals surface area contributed by atoms with Crippen molar-refractivity contribution in [3.8, 4) is 0 Å². The van der Waals surface area contributed by atoms with Gasteiger partial charge >= 0.3 is 0 Å². The molecule has 1 amide bonds. The summed E-state index contributed by atoms with van der Waals surface area (Å²) in [5, 5.41) is 1.04. The number of benzene rings is 1. The highest BCUT2D eigenvalue weighted by molar-refractivity contribution is 6.36. The molecule has 0 aliphatic carbocycles. The Morgan fingerprint density at radius 1 is 1.21 bits per heavy atom. The third kappa shape index (κ3) is 5.34. The van der Waals surface area contributed by atoms with Crippen LogP contribution in [0.2, 0.25) is 10.0 Å². The summed E-state index contributed by atoms with van der Waals surface area (Å²) in [4.78, 5) is 23.0. The second-order valence-electron chi connectivity index (χ2n) is 6.76. The maximum Gasteiger partial charge on any atom is 0.237 e. The van der Waals surface area contributed by atoms with E-state index in [-0.39, 0.29) is 11.7 Å². The molecule has 1 aliphatic rings. The zero-order valence-corrected chi connectivity index (χ0v) is 17.3. The van der Waals surface area contributed by atoms with Crippen LogP contribution in [0.4, 0.5) is 10.2 Å². The first kappa shape index (κ1) is 20.8. The lowest BCUT2D eigenvalue weighted by atomic mass is 10.2. The van der Waals surface area contributed by atoms with Crippen molar-refractivity contribution in [2.24, 2.45) is 0 Å². The Labute approximate surface area is 174 Å². The molecule has 0 unspecified atom stereocenters. The van der Waals surface area contributed by atoms with Crippen LogP contribution >= 0.6 is 23.2 Å². The number of hydrogen-bond donors (Lipinski definition) is 0. The van der Waals surface area contributed by atoms with Gasteiger partial charge in [0.2, 0.25) is 5.91 Å². The largest absolute Gasteiger partial charge is 0.353 e. The highest BCUT2D eigenvalue weighted by Crippen LogP contribution is 2.26. The van der Waals surface area contributed by atoms with E-state index in [0.717, 1.165) is 37.6 Å². The van der Waals surface area contributed by atoms with Gasteiger partial charge in [-0.2, -0.15) is 0 Å². The van der Waals surface area contributed by atoms with Gasteiger partial charge in [-0.25, -0.2) is 9.37 Å². The predicted molar refractivity (Wildman–Crippen MR) is 110 cm³/mol. The molecule has 1 aromatic heterocycles. The Balaban J connectivity index is 1.53. The van der Waals surface area contributed by atoms with Crippen LogP contribution in [0, 0.1) is 5.82 Å². The van der Waals surface area contributed by atoms with E-state index in [9.17, 15) is 9.18 Å². The minimum Gasteiger partial charge on any atom is -0.353 e. The van der Waals surface area contributed by atoms with Crippen molar-refractivity contribution in [2.75, 3.05) is 44.2 Å². The van der Waals surface area contributed by atoms with Gasteiger partial charge in [0.1, 0.15) is 11.6 Å². The van der Waals surface area contributed by atoms with Crippen molar-refractivity contribution >= 4 is 34.9 Å². The van der Waals surface area contributed by atoms with Crippen LogP contribution in [0.3, 0.4) is 0 Å². The molecule has 1 saturated heterocycles. The van der Waals surface area contributed by atoms with Gasteiger partial charge in [0.25, 0.3) is 0 Å². The number of carbonyl (C=O) groups is 1. The van der Waals surface area contributed by atoms with Gasteiger partial charge in [0.15, 0.2) is 0 Å². The van der Waals surface area contributed by atoms with Gasteiger partial charge < -0.3 is 9.80 Å². The molecule has 150 valence electrons. The van der Waals surface area contributed by atoms with Gasteiger partial charge in [-0.15, -0.1) is 0 Å². The number of likely N-dealkylation sites (N-methyl/N-ethyl adjacent to an activating group) is 1. The molecule has 1 aromatic carbocycles. The van der Waals surface area contributed by atoms with E-state index in [2.05, 4.69) is 14.8 Å². The molecule has 0 radical (unpaired) electrons. The number of anilines is 1. The first-order chi connectivity index (χ1) is 13.5. The topological polar surface area (TPSA) is 39.7 Å². The molecule has 0 bridgehead atoms. The minimum atomic E-state index is -0.286. The lowest BCUT2D eigenvalue weighted by Gasteiger charge is -2.36. The Kier molecular flexibility index (Phi) is 7.10. The summed E-state index contributed by atoms with van der Waals surface area (Å²) in [5.74, 6) is 0.479. The predicted octanol–water partition coefficient (Wildman–Crippen LogP) is 3.70. The standard InChI is InChI=1S/C20H23Cl2FN4O/c1-2-26(13-15-4-3-5-17(23)10-15)19(28)14-25-6-8-27(9-7-25)20-18(22)11-16(21)12-24-20/h3-5,10-12H,2,6-9,13-14H2,1H3. The maximum absolute atomic E-state index is 13.4. The van der Waals surface area contributed by atoms with E-state index < -0.39 is 0 Å². The fourth-order valence-corrected chi connectivity index (χ4v) is 3.78. The fraction of sp³-hybridized carbons (Fsp3) is 0.400. The molecular weight excluding hydrogens is 402 g/mol. The third-order valence-electron chi connectivity index (χ3n) is 4.82. The van der Waals surface area contributed by atoms with Crippen molar-refractivity contribution in [2.45, 2.75) is 13.5 Å². The van der Waals surface area contributed by atoms with Crippen LogP contribution < -0.4 is 4.90 Å². The van der Waals surface area contributed by atoms with Crippen molar-refractivity contribution < 1.29 is 9.18 Å². The third-order valence-corrected chi connectivity index (χ3v) is 5.30. The van der Waals surface area contributed by atoms with Gasteiger partial charge in [0.05, 0.1) is 16.6 Å². The van der Waals surface area contributed by atoms with Crippen molar-refractivity contribution in [1.29, 1.82) is 0 Å². The van der Waals surface area contributed by atoms with Gasteiger partial charge in [-0.3, -0.25) is 9.69 Å². The minimum absolute atomic E-state index is 0.0443. The van der Waals surface area contributed by atoms with Crippen LogP contribution in [0.15, 0.2) is 36.5 Å². The molecule has 5 nitrogen and oxygen atoms in total.